The smallest absolute Gasteiger partial charge is 0.413 e. The van der Waals surface area contributed by atoms with E-state index < -0.39 is 12.0 Å². The van der Waals surface area contributed by atoms with Crippen molar-refractivity contribution in [3.05, 3.63) is 46.3 Å². The molecule has 0 saturated carbocycles. The lowest BCUT2D eigenvalue weighted by molar-refractivity contribution is -0.116. The summed E-state index contributed by atoms with van der Waals surface area (Å²) in [6.07, 6.45) is 0.241. The highest BCUT2D eigenvalue weighted by Crippen LogP contribution is 2.32. The van der Waals surface area contributed by atoms with Gasteiger partial charge in [0.25, 0.3) is 5.91 Å². The molecule has 0 unspecified atom stereocenters. The van der Waals surface area contributed by atoms with E-state index in [1.165, 1.54) is 23.3 Å². The molecule has 2 rings (SSSR count). The van der Waals surface area contributed by atoms with Crippen LogP contribution in [-0.2, 0) is 9.53 Å². The largest absolute Gasteiger partial charge is 0.453 e. The number of thioether (sulfide) groups is 1. The number of alkyl carbamates (subject to hydrolysis) is 1. The van der Waals surface area contributed by atoms with E-state index in [0.29, 0.717) is 17.0 Å². The molecule has 0 spiro atoms. The lowest BCUT2D eigenvalue weighted by Crippen LogP contribution is -2.31. The zero-order chi connectivity index (χ0) is 19.8. The van der Waals surface area contributed by atoms with Crippen molar-refractivity contribution in [3.63, 3.8) is 0 Å². The second-order valence-corrected chi connectivity index (χ2v) is 8.14. The van der Waals surface area contributed by atoms with Gasteiger partial charge in [-0.1, -0.05) is 18.2 Å². The van der Waals surface area contributed by atoms with E-state index in [2.05, 4.69) is 15.4 Å². The van der Waals surface area contributed by atoms with Crippen LogP contribution in [0, 0.1) is 13.8 Å². The number of anilines is 1. The number of benzene rings is 1. The summed E-state index contributed by atoms with van der Waals surface area (Å²) in [7, 11) is 1.19. The van der Waals surface area contributed by atoms with Crippen molar-refractivity contribution < 1.29 is 19.1 Å². The maximum atomic E-state index is 12.3. The number of nitrogens with one attached hydrogen (secondary N) is 2. The second-order valence-electron chi connectivity index (χ2n) is 5.75. The summed E-state index contributed by atoms with van der Waals surface area (Å²) in [5.41, 5.74) is 1.03. The lowest BCUT2D eigenvalue weighted by Gasteiger charge is -2.08. The molecule has 2 N–H and O–H groups in total. The zero-order valence-electron chi connectivity index (χ0n) is 15.5. The summed E-state index contributed by atoms with van der Waals surface area (Å²) >= 11 is 3.02. The first-order valence-electron chi connectivity index (χ1n) is 8.39. The van der Waals surface area contributed by atoms with E-state index in [1.54, 1.807) is 18.7 Å². The fourth-order valence-corrected chi connectivity index (χ4v) is 4.27. The summed E-state index contributed by atoms with van der Waals surface area (Å²) < 4.78 is 4.45. The van der Waals surface area contributed by atoms with Gasteiger partial charge in [-0.05, 0) is 43.7 Å². The summed E-state index contributed by atoms with van der Waals surface area (Å²) in [5.74, 6) is 0.0889. The molecule has 0 saturated heterocycles. The Balaban J connectivity index is 1.92. The van der Waals surface area contributed by atoms with Crippen LogP contribution in [-0.4, -0.2) is 30.8 Å². The van der Waals surface area contributed by atoms with Crippen LogP contribution >= 0.6 is 23.1 Å². The minimum atomic E-state index is -0.835. The Labute approximate surface area is 166 Å². The molecule has 0 atom stereocenters. The molecule has 27 heavy (non-hydrogen) atoms. The van der Waals surface area contributed by atoms with Crippen LogP contribution < -0.4 is 10.6 Å². The second kappa shape index (κ2) is 10.1. The van der Waals surface area contributed by atoms with Crippen LogP contribution in [0.2, 0.25) is 0 Å². The Kier molecular flexibility index (Phi) is 7.87. The van der Waals surface area contributed by atoms with E-state index in [-0.39, 0.29) is 5.91 Å². The van der Waals surface area contributed by atoms with Crippen LogP contribution in [0.4, 0.5) is 9.80 Å². The first-order chi connectivity index (χ1) is 12.9. The third-order valence-corrected chi connectivity index (χ3v) is 6.05. The van der Waals surface area contributed by atoms with Crippen molar-refractivity contribution in [1.29, 1.82) is 0 Å². The van der Waals surface area contributed by atoms with E-state index in [9.17, 15) is 14.4 Å². The van der Waals surface area contributed by atoms with Gasteiger partial charge in [-0.2, -0.15) is 0 Å². The van der Waals surface area contributed by atoms with Gasteiger partial charge < -0.3 is 10.1 Å². The minimum absolute atomic E-state index is 0.156. The Bertz CT molecular complexity index is 819. The monoisotopic (exact) mass is 406 g/mol. The van der Waals surface area contributed by atoms with E-state index >= 15 is 0 Å². The number of methoxy groups -OCH3 is 1. The van der Waals surface area contributed by atoms with Gasteiger partial charge in [0.15, 0.2) is 0 Å². The molecule has 0 bridgehead atoms. The maximum Gasteiger partial charge on any atom is 0.413 e. The van der Waals surface area contributed by atoms with Crippen molar-refractivity contribution in [2.45, 2.75) is 31.6 Å². The van der Waals surface area contributed by atoms with E-state index in [4.69, 9.17) is 0 Å². The standard InChI is InChI=1S/C19H22N2O4S2/c1-12-13(2)27-18(16(12)17(23)21-19(24)25-3)20-15(22)10-7-11-26-14-8-5-4-6-9-14/h4-6,8-9H,7,10-11H2,1-3H3,(H,20,22)(H,21,23,24). The van der Waals surface area contributed by atoms with Gasteiger partial charge in [0.2, 0.25) is 5.91 Å². The summed E-state index contributed by atoms with van der Waals surface area (Å²) in [5, 5.41) is 5.39. The van der Waals surface area contributed by atoms with Gasteiger partial charge in [-0.3, -0.25) is 14.9 Å². The van der Waals surface area contributed by atoms with Crippen LogP contribution in [0.5, 0.6) is 0 Å². The number of hydrogen-bond donors (Lipinski definition) is 2. The Hall–Kier alpha value is -2.32. The number of ether oxygens (including phenoxy) is 1. The lowest BCUT2D eigenvalue weighted by atomic mass is 10.1. The molecule has 0 aliphatic carbocycles. The number of thiophene rings is 1. The van der Waals surface area contributed by atoms with Crippen molar-refractivity contribution in [2.75, 3.05) is 18.2 Å². The number of hydrogen-bond acceptors (Lipinski definition) is 6. The quantitative estimate of drug-likeness (QED) is 0.527. The summed E-state index contributed by atoms with van der Waals surface area (Å²) in [4.78, 5) is 37.9. The van der Waals surface area contributed by atoms with E-state index in [0.717, 1.165) is 22.6 Å². The molecule has 0 aliphatic heterocycles. The van der Waals surface area contributed by atoms with Crippen LogP contribution in [0.3, 0.4) is 0 Å². The molecule has 3 amide bonds. The molecule has 0 aliphatic rings. The molecule has 1 aromatic carbocycles. The molecule has 6 nitrogen and oxygen atoms in total. The molecule has 1 heterocycles. The number of aryl methyl sites for hydroxylation is 1. The predicted octanol–water partition coefficient (Wildman–Crippen LogP) is 4.37. The highest BCUT2D eigenvalue weighted by molar-refractivity contribution is 7.99. The summed E-state index contributed by atoms with van der Waals surface area (Å²) in [6.45, 7) is 3.64. The Morgan fingerprint density at radius 1 is 1.15 bits per heavy atom. The van der Waals surface area contributed by atoms with Crippen LogP contribution in [0.15, 0.2) is 35.2 Å². The first kappa shape index (κ1) is 21.0. The number of rotatable bonds is 7. The predicted molar refractivity (Wildman–Crippen MR) is 109 cm³/mol. The number of carbonyl (C=O) groups is 3. The fourth-order valence-electron chi connectivity index (χ4n) is 2.32. The van der Waals surface area contributed by atoms with Gasteiger partial charge in [0, 0.05) is 16.2 Å². The molecule has 2 aromatic rings. The third kappa shape index (κ3) is 6.11. The number of imide groups is 1. The number of amides is 3. The Morgan fingerprint density at radius 2 is 1.85 bits per heavy atom. The molecule has 0 fully saturated rings. The van der Waals surface area contributed by atoms with Crippen molar-refractivity contribution >= 4 is 46.0 Å². The maximum absolute atomic E-state index is 12.3. The van der Waals surface area contributed by atoms with Crippen molar-refractivity contribution in [3.8, 4) is 0 Å². The topological polar surface area (TPSA) is 84.5 Å². The van der Waals surface area contributed by atoms with Crippen molar-refractivity contribution in [1.82, 2.24) is 5.32 Å². The first-order valence-corrected chi connectivity index (χ1v) is 10.2. The highest BCUT2D eigenvalue weighted by atomic mass is 32.2. The van der Waals surface area contributed by atoms with Crippen molar-refractivity contribution in [2.24, 2.45) is 0 Å². The molecule has 8 heteroatoms. The Morgan fingerprint density at radius 3 is 2.52 bits per heavy atom. The van der Waals surface area contributed by atoms with Gasteiger partial charge in [-0.25, -0.2) is 4.79 Å². The fraction of sp³-hybridized carbons (Fsp3) is 0.316. The van der Waals surface area contributed by atoms with Crippen LogP contribution in [0.1, 0.15) is 33.6 Å². The normalized spacial score (nSPS) is 10.3. The SMILES string of the molecule is COC(=O)NC(=O)c1c(NC(=O)CCCSc2ccccc2)sc(C)c1C. The van der Waals surface area contributed by atoms with Gasteiger partial charge >= 0.3 is 6.09 Å². The van der Waals surface area contributed by atoms with Crippen LogP contribution in [0.25, 0.3) is 0 Å². The molecular formula is C19H22N2O4S2. The average molecular weight is 407 g/mol. The molecule has 144 valence electrons. The average Bonchev–Trinajstić information content (AvgIpc) is 2.93. The third-order valence-electron chi connectivity index (χ3n) is 3.83. The molecular weight excluding hydrogens is 384 g/mol. The summed E-state index contributed by atoms with van der Waals surface area (Å²) in [6, 6.07) is 10.0. The highest BCUT2D eigenvalue weighted by Gasteiger charge is 2.22. The number of carbonyl (C=O) groups excluding carboxylic acids is 3. The van der Waals surface area contributed by atoms with Gasteiger partial charge in [-0.15, -0.1) is 23.1 Å². The van der Waals surface area contributed by atoms with E-state index in [1.807, 2.05) is 37.3 Å². The molecule has 1 aromatic heterocycles. The molecule has 0 radical (unpaired) electrons. The van der Waals surface area contributed by atoms with Gasteiger partial charge in [0.05, 0.1) is 12.7 Å². The minimum Gasteiger partial charge on any atom is -0.453 e. The van der Waals surface area contributed by atoms with Gasteiger partial charge in [0.1, 0.15) is 5.00 Å². The zero-order valence-corrected chi connectivity index (χ0v) is 17.1.